The summed E-state index contributed by atoms with van der Waals surface area (Å²) in [4.78, 5) is 0.819. The summed E-state index contributed by atoms with van der Waals surface area (Å²) in [5, 5.41) is 0. The first-order valence-electron chi connectivity index (χ1n) is 7.10. The molecule has 1 atom stereocenters. The highest BCUT2D eigenvalue weighted by atomic mass is 32.2. The summed E-state index contributed by atoms with van der Waals surface area (Å²) in [6, 6.07) is 12.6. The van der Waals surface area contributed by atoms with Crippen molar-refractivity contribution in [2.75, 3.05) is 6.26 Å². The number of rotatable bonds is 2. The second kappa shape index (κ2) is 5.65. The standard InChI is InChI=1S/C19H17FOS/c1-12-13(2)19-11-15(20)6-9-17(19)18(12)10-14-4-7-16(8-5-14)22(3)21/h4-11H,1-3H3. The van der Waals surface area contributed by atoms with Gasteiger partial charge in [-0.15, -0.1) is 0 Å². The minimum Gasteiger partial charge on any atom is -0.255 e. The molecule has 0 heterocycles. The molecule has 1 unspecified atom stereocenters. The number of fused-ring (bicyclic) bond motifs is 1. The minimum absolute atomic E-state index is 0.207. The first-order chi connectivity index (χ1) is 10.5. The molecule has 112 valence electrons. The van der Waals surface area contributed by atoms with Crippen molar-refractivity contribution >= 4 is 28.0 Å². The largest absolute Gasteiger partial charge is 0.255 e. The average molecular weight is 312 g/mol. The van der Waals surface area contributed by atoms with Gasteiger partial charge in [0, 0.05) is 22.0 Å². The molecule has 0 bridgehead atoms. The van der Waals surface area contributed by atoms with E-state index >= 15 is 0 Å². The molecule has 22 heavy (non-hydrogen) atoms. The van der Waals surface area contributed by atoms with Gasteiger partial charge in [0.1, 0.15) is 5.82 Å². The molecule has 0 spiro atoms. The molecule has 3 heteroatoms. The van der Waals surface area contributed by atoms with Crippen molar-refractivity contribution in [1.82, 2.24) is 0 Å². The van der Waals surface area contributed by atoms with Gasteiger partial charge >= 0.3 is 0 Å². The maximum absolute atomic E-state index is 13.5. The Labute approximate surface area is 132 Å². The lowest BCUT2D eigenvalue weighted by molar-refractivity contribution is 0.627. The third-order valence-electron chi connectivity index (χ3n) is 4.17. The highest BCUT2D eigenvalue weighted by molar-refractivity contribution is 7.84. The van der Waals surface area contributed by atoms with Crippen molar-refractivity contribution in [2.24, 2.45) is 0 Å². The first-order valence-corrected chi connectivity index (χ1v) is 8.66. The van der Waals surface area contributed by atoms with E-state index in [0.717, 1.165) is 32.7 Å². The zero-order valence-electron chi connectivity index (χ0n) is 12.8. The monoisotopic (exact) mass is 312 g/mol. The van der Waals surface area contributed by atoms with Crippen molar-refractivity contribution < 1.29 is 8.60 Å². The molecule has 1 aliphatic rings. The van der Waals surface area contributed by atoms with Gasteiger partial charge in [-0.1, -0.05) is 18.2 Å². The molecular formula is C19H17FOS. The summed E-state index contributed by atoms with van der Waals surface area (Å²) in [5.74, 6) is -0.207. The molecule has 0 saturated heterocycles. The van der Waals surface area contributed by atoms with Crippen LogP contribution in [-0.4, -0.2) is 10.5 Å². The summed E-state index contributed by atoms with van der Waals surface area (Å²) in [7, 11) is -0.964. The molecule has 0 N–H and O–H groups in total. The van der Waals surface area contributed by atoms with Crippen LogP contribution in [0.2, 0.25) is 0 Å². The van der Waals surface area contributed by atoms with Crippen molar-refractivity contribution in [1.29, 1.82) is 0 Å². The molecule has 1 nitrogen and oxygen atoms in total. The van der Waals surface area contributed by atoms with Crippen molar-refractivity contribution in [3.8, 4) is 0 Å². The topological polar surface area (TPSA) is 17.1 Å². The molecule has 0 saturated carbocycles. The predicted octanol–water partition coefficient (Wildman–Crippen LogP) is 4.91. The fourth-order valence-electron chi connectivity index (χ4n) is 2.78. The fraction of sp³-hybridized carbons (Fsp3) is 0.158. The van der Waals surface area contributed by atoms with Crippen LogP contribution in [0.15, 0.2) is 52.9 Å². The Morgan fingerprint density at radius 3 is 2.27 bits per heavy atom. The summed E-state index contributed by atoms with van der Waals surface area (Å²) in [5.41, 5.74) is 6.50. The van der Waals surface area contributed by atoms with Crippen LogP contribution in [-0.2, 0) is 10.8 Å². The van der Waals surface area contributed by atoms with Crippen molar-refractivity contribution in [3.05, 3.63) is 70.5 Å². The van der Waals surface area contributed by atoms with Crippen LogP contribution in [0.3, 0.4) is 0 Å². The predicted molar refractivity (Wildman–Crippen MR) is 91.3 cm³/mol. The van der Waals surface area contributed by atoms with E-state index in [2.05, 4.69) is 13.0 Å². The summed E-state index contributed by atoms with van der Waals surface area (Å²) >= 11 is 0. The minimum atomic E-state index is -0.964. The molecule has 2 aromatic rings. The lowest BCUT2D eigenvalue weighted by Gasteiger charge is -2.05. The second-order valence-electron chi connectivity index (χ2n) is 5.52. The van der Waals surface area contributed by atoms with E-state index in [9.17, 15) is 8.60 Å². The Morgan fingerprint density at radius 1 is 0.955 bits per heavy atom. The SMILES string of the molecule is CC1=C(C)c2cc(F)ccc2C1=Cc1ccc(S(C)=O)cc1. The molecule has 3 rings (SSSR count). The van der Waals surface area contributed by atoms with Gasteiger partial charge in [0.25, 0.3) is 0 Å². The molecule has 2 aromatic carbocycles. The van der Waals surface area contributed by atoms with Crippen LogP contribution in [0.5, 0.6) is 0 Å². The lowest BCUT2D eigenvalue weighted by atomic mass is 10.0. The first kappa shape index (κ1) is 14.9. The normalized spacial score (nSPS) is 17.0. The van der Waals surface area contributed by atoms with Crippen molar-refractivity contribution in [2.45, 2.75) is 18.7 Å². The van der Waals surface area contributed by atoms with Gasteiger partial charge in [-0.2, -0.15) is 0 Å². The molecule has 1 aliphatic carbocycles. The number of hydrogen-bond donors (Lipinski definition) is 0. The van der Waals surface area contributed by atoms with E-state index in [1.807, 2.05) is 37.3 Å². The fourth-order valence-corrected chi connectivity index (χ4v) is 3.30. The molecule has 0 aliphatic heterocycles. The maximum Gasteiger partial charge on any atom is 0.123 e. The van der Waals surface area contributed by atoms with Crippen LogP contribution in [0.25, 0.3) is 17.2 Å². The van der Waals surface area contributed by atoms with Gasteiger partial charge in [-0.25, -0.2) is 4.39 Å². The van der Waals surface area contributed by atoms with Crippen molar-refractivity contribution in [3.63, 3.8) is 0 Å². The zero-order chi connectivity index (χ0) is 15.9. The van der Waals surface area contributed by atoms with Gasteiger partial charge in [0.05, 0.1) is 0 Å². The van der Waals surface area contributed by atoms with E-state index in [0.29, 0.717) is 0 Å². The molecular weight excluding hydrogens is 295 g/mol. The maximum atomic E-state index is 13.5. The quantitative estimate of drug-likeness (QED) is 0.770. The van der Waals surface area contributed by atoms with Crippen LogP contribution in [0.1, 0.15) is 30.5 Å². The number of allylic oxidation sites excluding steroid dienone is 3. The summed E-state index contributed by atoms with van der Waals surface area (Å²) < 4.78 is 24.9. The van der Waals surface area contributed by atoms with Gasteiger partial charge in [-0.05, 0) is 77.6 Å². The molecule has 0 amide bonds. The van der Waals surface area contributed by atoms with Crippen LogP contribution >= 0.6 is 0 Å². The van der Waals surface area contributed by atoms with E-state index < -0.39 is 10.8 Å². The molecule has 0 radical (unpaired) electrons. The molecule has 0 aromatic heterocycles. The Bertz CT molecular complexity index is 829. The number of halogens is 1. The Hall–Kier alpha value is -2.00. The Kier molecular flexibility index (Phi) is 3.83. The van der Waals surface area contributed by atoms with E-state index in [1.165, 1.54) is 11.6 Å². The van der Waals surface area contributed by atoms with E-state index in [1.54, 1.807) is 12.3 Å². The van der Waals surface area contributed by atoms with Gasteiger partial charge in [0.15, 0.2) is 0 Å². The van der Waals surface area contributed by atoms with Gasteiger partial charge in [0.2, 0.25) is 0 Å². The van der Waals surface area contributed by atoms with Crippen LogP contribution in [0.4, 0.5) is 4.39 Å². The Morgan fingerprint density at radius 2 is 1.64 bits per heavy atom. The van der Waals surface area contributed by atoms with Crippen LogP contribution in [0, 0.1) is 5.82 Å². The van der Waals surface area contributed by atoms with E-state index in [-0.39, 0.29) is 5.82 Å². The third-order valence-corrected chi connectivity index (χ3v) is 5.10. The third kappa shape index (κ3) is 2.57. The smallest absolute Gasteiger partial charge is 0.123 e. The van der Waals surface area contributed by atoms with Gasteiger partial charge < -0.3 is 0 Å². The number of hydrogen-bond acceptors (Lipinski definition) is 1. The highest BCUT2D eigenvalue weighted by Gasteiger charge is 2.21. The average Bonchev–Trinajstić information content (AvgIpc) is 2.73. The Balaban J connectivity index is 2.07. The van der Waals surface area contributed by atoms with E-state index in [4.69, 9.17) is 0 Å². The second-order valence-corrected chi connectivity index (χ2v) is 6.90. The zero-order valence-corrected chi connectivity index (χ0v) is 13.6. The highest BCUT2D eigenvalue weighted by Crippen LogP contribution is 2.41. The number of benzene rings is 2. The van der Waals surface area contributed by atoms with Crippen LogP contribution < -0.4 is 0 Å². The van der Waals surface area contributed by atoms with Gasteiger partial charge in [-0.3, -0.25) is 4.21 Å². The summed E-state index contributed by atoms with van der Waals surface area (Å²) in [6.07, 6.45) is 3.77. The lowest BCUT2D eigenvalue weighted by Crippen LogP contribution is -1.88. The summed E-state index contributed by atoms with van der Waals surface area (Å²) in [6.45, 7) is 4.09. The molecule has 0 fully saturated rings.